The summed E-state index contributed by atoms with van der Waals surface area (Å²) in [5.74, 6) is 0.463. The minimum absolute atomic E-state index is 0.0122. The molecule has 0 spiro atoms. The highest BCUT2D eigenvalue weighted by Gasteiger charge is 2.05. The van der Waals surface area contributed by atoms with Crippen LogP contribution in [0.25, 0.3) is 0 Å². The molecule has 0 aliphatic rings. The maximum absolute atomic E-state index is 6.03. The van der Waals surface area contributed by atoms with Gasteiger partial charge < -0.3 is 5.73 Å². The number of hydrogen-bond donors (Lipinski definition) is 1. The Kier molecular flexibility index (Phi) is 4.04. The van der Waals surface area contributed by atoms with Gasteiger partial charge in [-0.05, 0) is 30.5 Å². The molecular formula is C10H13Cl2N. The Morgan fingerprint density at radius 3 is 2.69 bits per heavy atom. The fourth-order valence-electron chi connectivity index (χ4n) is 1.15. The van der Waals surface area contributed by atoms with E-state index in [4.69, 9.17) is 28.9 Å². The maximum atomic E-state index is 6.03. The summed E-state index contributed by atoms with van der Waals surface area (Å²) in [6.45, 7) is 2.01. The standard InChI is InChI=1S/C10H13Cl2N/c1-7-2-3-8(10(12)4-7)5-9(13)6-11/h2-4,9H,5-6,13H2,1H3/t9-/m1/s1. The van der Waals surface area contributed by atoms with E-state index in [1.807, 2.05) is 25.1 Å². The molecule has 13 heavy (non-hydrogen) atoms. The Labute approximate surface area is 88.8 Å². The lowest BCUT2D eigenvalue weighted by Gasteiger charge is -2.09. The summed E-state index contributed by atoms with van der Waals surface area (Å²) in [7, 11) is 0. The number of benzene rings is 1. The molecule has 0 fully saturated rings. The van der Waals surface area contributed by atoms with E-state index in [1.165, 1.54) is 0 Å². The van der Waals surface area contributed by atoms with E-state index in [2.05, 4.69) is 0 Å². The first kappa shape index (κ1) is 10.8. The van der Waals surface area contributed by atoms with E-state index in [0.717, 1.165) is 22.6 Å². The van der Waals surface area contributed by atoms with Crippen LogP contribution in [0.15, 0.2) is 18.2 Å². The molecule has 0 heterocycles. The quantitative estimate of drug-likeness (QED) is 0.775. The summed E-state index contributed by atoms with van der Waals surface area (Å²) in [6.07, 6.45) is 0.739. The molecule has 0 aliphatic heterocycles. The van der Waals surface area contributed by atoms with E-state index in [1.54, 1.807) is 0 Å². The first-order chi connectivity index (χ1) is 6.13. The Bertz CT molecular complexity index is 286. The fraction of sp³-hybridized carbons (Fsp3) is 0.400. The Balaban J connectivity index is 2.77. The topological polar surface area (TPSA) is 26.0 Å². The summed E-state index contributed by atoms with van der Waals surface area (Å²) >= 11 is 11.6. The molecule has 0 aliphatic carbocycles. The summed E-state index contributed by atoms with van der Waals surface area (Å²) in [5, 5.41) is 0.778. The van der Waals surface area contributed by atoms with Crippen molar-refractivity contribution in [3.05, 3.63) is 34.3 Å². The molecule has 1 nitrogen and oxygen atoms in total. The molecule has 0 amide bonds. The monoisotopic (exact) mass is 217 g/mol. The lowest BCUT2D eigenvalue weighted by Crippen LogP contribution is -2.24. The Hall–Kier alpha value is -0.240. The summed E-state index contributed by atoms with van der Waals surface area (Å²) in [5.41, 5.74) is 7.95. The van der Waals surface area contributed by atoms with Gasteiger partial charge in [0.15, 0.2) is 0 Å². The van der Waals surface area contributed by atoms with Gasteiger partial charge in [0.05, 0.1) is 0 Å². The van der Waals surface area contributed by atoms with E-state index in [9.17, 15) is 0 Å². The van der Waals surface area contributed by atoms with Crippen LogP contribution in [0.4, 0.5) is 0 Å². The molecule has 72 valence electrons. The SMILES string of the molecule is Cc1ccc(C[C@@H](N)CCl)c(Cl)c1. The molecule has 0 radical (unpaired) electrons. The molecule has 2 N–H and O–H groups in total. The second-order valence-electron chi connectivity index (χ2n) is 3.21. The molecule has 1 atom stereocenters. The molecule has 3 heteroatoms. The zero-order valence-corrected chi connectivity index (χ0v) is 9.07. The summed E-state index contributed by atoms with van der Waals surface area (Å²) in [4.78, 5) is 0. The molecule has 0 bridgehead atoms. The molecule has 0 saturated carbocycles. The molecule has 0 aromatic heterocycles. The van der Waals surface area contributed by atoms with E-state index >= 15 is 0 Å². The lowest BCUT2D eigenvalue weighted by molar-refractivity contribution is 0.745. The molecule has 0 saturated heterocycles. The highest BCUT2D eigenvalue weighted by molar-refractivity contribution is 6.31. The third kappa shape index (κ3) is 3.18. The first-order valence-corrected chi connectivity index (χ1v) is 5.11. The van der Waals surface area contributed by atoms with Gasteiger partial charge in [-0.2, -0.15) is 0 Å². The number of alkyl halides is 1. The van der Waals surface area contributed by atoms with E-state index < -0.39 is 0 Å². The fourth-order valence-corrected chi connectivity index (χ4v) is 1.58. The largest absolute Gasteiger partial charge is 0.326 e. The smallest absolute Gasteiger partial charge is 0.0441 e. The minimum atomic E-state index is -0.0122. The molecule has 0 unspecified atom stereocenters. The number of nitrogens with two attached hydrogens (primary N) is 1. The number of rotatable bonds is 3. The van der Waals surface area contributed by atoms with Gasteiger partial charge in [-0.1, -0.05) is 23.7 Å². The van der Waals surface area contributed by atoms with Crippen molar-refractivity contribution in [1.82, 2.24) is 0 Å². The molecule has 1 rings (SSSR count). The van der Waals surface area contributed by atoms with Crippen molar-refractivity contribution in [2.45, 2.75) is 19.4 Å². The van der Waals surface area contributed by atoms with Crippen LogP contribution in [-0.2, 0) is 6.42 Å². The van der Waals surface area contributed by atoms with E-state index in [-0.39, 0.29) is 6.04 Å². The molecule has 1 aromatic carbocycles. The first-order valence-electron chi connectivity index (χ1n) is 4.20. The van der Waals surface area contributed by atoms with Gasteiger partial charge in [-0.25, -0.2) is 0 Å². The summed E-state index contributed by atoms with van der Waals surface area (Å²) < 4.78 is 0. The van der Waals surface area contributed by atoms with Gasteiger partial charge in [0.25, 0.3) is 0 Å². The van der Waals surface area contributed by atoms with Crippen molar-refractivity contribution in [2.24, 2.45) is 5.73 Å². The predicted molar refractivity (Wildman–Crippen MR) is 58.6 cm³/mol. The van der Waals surface area contributed by atoms with Crippen molar-refractivity contribution >= 4 is 23.2 Å². The van der Waals surface area contributed by atoms with Gasteiger partial charge in [0.1, 0.15) is 0 Å². The second kappa shape index (κ2) is 4.85. The van der Waals surface area contributed by atoms with Crippen molar-refractivity contribution in [2.75, 3.05) is 5.88 Å². The van der Waals surface area contributed by atoms with Gasteiger partial charge in [-0.3, -0.25) is 0 Å². The lowest BCUT2D eigenvalue weighted by atomic mass is 10.1. The number of aryl methyl sites for hydroxylation is 1. The van der Waals surface area contributed by atoms with Crippen molar-refractivity contribution < 1.29 is 0 Å². The van der Waals surface area contributed by atoms with Crippen LogP contribution in [-0.4, -0.2) is 11.9 Å². The van der Waals surface area contributed by atoms with Crippen molar-refractivity contribution in [3.63, 3.8) is 0 Å². The average Bonchev–Trinajstić information content (AvgIpc) is 2.09. The number of halogens is 2. The van der Waals surface area contributed by atoms with E-state index in [0.29, 0.717) is 5.88 Å². The van der Waals surface area contributed by atoms with Gasteiger partial charge in [-0.15, -0.1) is 11.6 Å². The van der Waals surface area contributed by atoms with Gasteiger partial charge in [0.2, 0.25) is 0 Å². The zero-order chi connectivity index (χ0) is 9.84. The minimum Gasteiger partial charge on any atom is -0.326 e. The van der Waals surface area contributed by atoms with Crippen molar-refractivity contribution in [1.29, 1.82) is 0 Å². The third-order valence-electron chi connectivity index (χ3n) is 1.89. The Morgan fingerprint density at radius 1 is 1.46 bits per heavy atom. The predicted octanol–water partition coefficient (Wildman–Crippen LogP) is 2.76. The van der Waals surface area contributed by atoms with Gasteiger partial charge in [0, 0.05) is 16.9 Å². The van der Waals surface area contributed by atoms with Crippen LogP contribution < -0.4 is 5.73 Å². The third-order valence-corrected chi connectivity index (χ3v) is 2.64. The highest BCUT2D eigenvalue weighted by Crippen LogP contribution is 2.18. The summed E-state index contributed by atoms with van der Waals surface area (Å²) in [6, 6.07) is 5.96. The van der Waals surface area contributed by atoms with Crippen LogP contribution >= 0.6 is 23.2 Å². The van der Waals surface area contributed by atoms with Crippen molar-refractivity contribution in [3.8, 4) is 0 Å². The van der Waals surface area contributed by atoms with Crippen LogP contribution in [0.1, 0.15) is 11.1 Å². The van der Waals surface area contributed by atoms with Crippen LogP contribution in [0.3, 0.4) is 0 Å². The van der Waals surface area contributed by atoms with Gasteiger partial charge >= 0.3 is 0 Å². The van der Waals surface area contributed by atoms with Crippen LogP contribution in [0, 0.1) is 6.92 Å². The Morgan fingerprint density at radius 2 is 2.15 bits per heavy atom. The normalized spacial score (nSPS) is 12.9. The zero-order valence-electron chi connectivity index (χ0n) is 7.56. The second-order valence-corrected chi connectivity index (χ2v) is 3.93. The molecule has 1 aromatic rings. The maximum Gasteiger partial charge on any atom is 0.0441 e. The van der Waals surface area contributed by atoms with Crippen LogP contribution in [0.5, 0.6) is 0 Å². The average molecular weight is 218 g/mol. The highest BCUT2D eigenvalue weighted by atomic mass is 35.5. The van der Waals surface area contributed by atoms with Crippen LogP contribution in [0.2, 0.25) is 5.02 Å². The number of hydrogen-bond acceptors (Lipinski definition) is 1. The molecular weight excluding hydrogens is 205 g/mol.